The van der Waals surface area contributed by atoms with Gasteiger partial charge in [0.2, 0.25) is 5.95 Å². The van der Waals surface area contributed by atoms with Crippen LogP contribution in [0, 0.1) is 6.92 Å². The fourth-order valence-electron chi connectivity index (χ4n) is 4.08. The largest absolute Gasteiger partial charge is 0.379 e. The lowest BCUT2D eigenvalue weighted by atomic mass is 10.0. The van der Waals surface area contributed by atoms with Crippen LogP contribution >= 0.6 is 11.6 Å². The maximum atomic E-state index is 13.5. The molecule has 0 amide bonds. The summed E-state index contributed by atoms with van der Waals surface area (Å²) in [5.74, 6) is 0.461. The van der Waals surface area contributed by atoms with E-state index in [1.54, 1.807) is 35.3 Å². The Morgan fingerprint density at radius 2 is 2.09 bits per heavy atom. The van der Waals surface area contributed by atoms with Crippen LogP contribution in [-0.4, -0.2) is 50.3 Å². The number of anilines is 1. The van der Waals surface area contributed by atoms with E-state index in [0.29, 0.717) is 59.7 Å². The number of halogens is 1. The first kappa shape index (κ1) is 22.4. The normalized spacial score (nSPS) is 15.7. The van der Waals surface area contributed by atoms with Gasteiger partial charge in [-0.2, -0.15) is 4.98 Å². The van der Waals surface area contributed by atoms with Gasteiger partial charge in [-0.25, -0.2) is 9.97 Å². The second kappa shape index (κ2) is 9.46. The highest BCUT2D eigenvalue weighted by Gasteiger charge is 2.19. The minimum Gasteiger partial charge on any atom is -0.379 e. The highest BCUT2D eigenvalue weighted by molar-refractivity contribution is 6.33. The SMILES string of the molecule is Cc1cncc(-c2ccc(-c3cc4cnc(NC5CCOC5)nc4n(CCN)c3=O)c(Cl)c2)n1. The average Bonchev–Trinajstić information content (AvgIpc) is 3.34. The van der Waals surface area contributed by atoms with Crippen molar-refractivity contribution in [1.29, 1.82) is 0 Å². The predicted octanol–water partition coefficient (Wildman–Crippen LogP) is 3.04. The first-order valence-electron chi connectivity index (χ1n) is 11.1. The number of ether oxygens (including phenoxy) is 1. The van der Waals surface area contributed by atoms with E-state index in [0.717, 1.165) is 23.1 Å². The molecule has 0 radical (unpaired) electrons. The molecule has 0 bridgehead atoms. The van der Waals surface area contributed by atoms with Crippen molar-refractivity contribution in [1.82, 2.24) is 24.5 Å². The Hall–Kier alpha value is -3.40. The Morgan fingerprint density at radius 3 is 2.82 bits per heavy atom. The monoisotopic (exact) mass is 477 g/mol. The number of nitrogens with one attached hydrogen (secondary N) is 1. The number of nitrogens with two attached hydrogens (primary N) is 1. The van der Waals surface area contributed by atoms with Crippen LogP contribution in [0.1, 0.15) is 12.1 Å². The highest BCUT2D eigenvalue weighted by Crippen LogP contribution is 2.31. The second-order valence-electron chi connectivity index (χ2n) is 8.22. The van der Waals surface area contributed by atoms with E-state index in [9.17, 15) is 4.79 Å². The summed E-state index contributed by atoms with van der Waals surface area (Å²) in [6, 6.07) is 7.44. The Bertz CT molecular complexity index is 1420. The minimum atomic E-state index is -0.211. The van der Waals surface area contributed by atoms with Gasteiger partial charge in [0.05, 0.1) is 30.2 Å². The number of fused-ring (bicyclic) bond motifs is 1. The van der Waals surface area contributed by atoms with Crippen LogP contribution in [0.3, 0.4) is 0 Å². The number of aromatic nitrogens is 5. The number of aryl methyl sites for hydroxylation is 1. The van der Waals surface area contributed by atoms with Crippen LogP contribution in [0.2, 0.25) is 5.02 Å². The Kier molecular flexibility index (Phi) is 6.23. The van der Waals surface area contributed by atoms with Crippen LogP contribution in [0.15, 0.2) is 47.7 Å². The van der Waals surface area contributed by atoms with Gasteiger partial charge in [0.15, 0.2) is 0 Å². The number of hydrogen-bond acceptors (Lipinski definition) is 8. The van der Waals surface area contributed by atoms with Crippen LogP contribution in [0.4, 0.5) is 5.95 Å². The molecule has 9 nitrogen and oxygen atoms in total. The quantitative estimate of drug-likeness (QED) is 0.434. The van der Waals surface area contributed by atoms with Gasteiger partial charge in [-0.3, -0.25) is 14.3 Å². The van der Waals surface area contributed by atoms with Crippen molar-refractivity contribution in [2.45, 2.75) is 25.9 Å². The van der Waals surface area contributed by atoms with Crippen molar-refractivity contribution >= 4 is 28.6 Å². The summed E-state index contributed by atoms with van der Waals surface area (Å²) in [7, 11) is 0. The van der Waals surface area contributed by atoms with Gasteiger partial charge < -0.3 is 15.8 Å². The molecule has 0 saturated carbocycles. The average molecular weight is 478 g/mol. The summed E-state index contributed by atoms with van der Waals surface area (Å²) >= 11 is 6.65. The lowest BCUT2D eigenvalue weighted by Gasteiger charge is -2.15. The van der Waals surface area contributed by atoms with E-state index < -0.39 is 0 Å². The van der Waals surface area contributed by atoms with Crippen molar-refractivity contribution in [3.63, 3.8) is 0 Å². The Labute approximate surface area is 201 Å². The third-order valence-corrected chi connectivity index (χ3v) is 6.07. The number of benzene rings is 1. The van der Waals surface area contributed by atoms with Crippen LogP contribution in [-0.2, 0) is 11.3 Å². The molecule has 174 valence electrons. The highest BCUT2D eigenvalue weighted by atomic mass is 35.5. The molecule has 0 spiro atoms. The van der Waals surface area contributed by atoms with E-state index in [2.05, 4.69) is 25.3 Å². The Balaban J connectivity index is 1.58. The summed E-state index contributed by atoms with van der Waals surface area (Å²) < 4.78 is 6.99. The second-order valence-corrected chi connectivity index (χ2v) is 8.63. The molecule has 3 N–H and O–H groups in total. The van der Waals surface area contributed by atoms with E-state index in [1.807, 2.05) is 19.1 Å². The topological polar surface area (TPSA) is 121 Å². The minimum absolute atomic E-state index is 0.154. The van der Waals surface area contributed by atoms with Gasteiger partial charge in [0, 0.05) is 59.2 Å². The summed E-state index contributed by atoms with van der Waals surface area (Å²) in [5.41, 5.74) is 9.58. The molecule has 3 aromatic heterocycles. The molecule has 1 aromatic carbocycles. The van der Waals surface area contributed by atoms with Gasteiger partial charge >= 0.3 is 0 Å². The summed E-state index contributed by atoms with van der Waals surface area (Å²) in [5, 5.41) is 4.44. The maximum absolute atomic E-state index is 13.5. The van der Waals surface area contributed by atoms with Gasteiger partial charge in [-0.05, 0) is 25.5 Å². The van der Waals surface area contributed by atoms with Crippen molar-refractivity contribution < 1.29 is 4.74 Å². The zero-order valence-corrected chi connectivity index (χ0v) is 19.4. The molecule has 1 atom stereocenters. The standard InChI is InChI=1S/C24H24ClN7O2/c1-14-10-27-12-21(29-14)15-2-3-18(20(25)9-15)19-8-16-11-28-24(30-17-4-7-34-13-17)31-22(16)32(6-5-26)23(19)33/h2-3,8-12,17H,4-7,13,26H2,1H3,(H,28,30,31). The maximum Gasteiger partial charge on any atom is 0.260 e. The molecule has 10 heteroatoms. The first-order chi connectivity index (χ1) is 16.5. The fraction of sp³-hybridized carbons (Fsp3) is 0.292. The molecule has 1 saturated heterocycles. The molecule has 34 heavy (non-hydrogen) atoms. The van der Waals surface area contributed by atoms with E-state index in [4.69, 9.17) is 22.1 Å². The molecule has 1 fully saturated rings. The molecular formula is C24H24ClN7O2. The lowest BCUT2D eigenvalue weighted by Crippen LogP contribution is -2.27. The summed E-state index contributed by atoms with van der Waals surface area (Å²) in [6.07, 6.45) is 5.97. The van der Waals surface area contributed by atoms with E-state index >= 15 is 0 Å². The fourth-order valence-corrected chi connectivity index (χ4v) is 4.37. The van der Waals surface area contributed by atoms with Gasteiger partial charge in [-0.15, -0.1) is 0 Å². The van der Waals surface area contributed by atoms with Gasteiger partial charge in [-0.1, -0.05) is 23.7 Å². The number of hydrogen-bond donors (Lipinski definition) is 2. The van der Waals surface area contributed by atoms with E-state index in [-0.39, 0.29) is 11.6 Å². The van der Waals surface area contributed by atoms with Crippen LogP contribution in [0.25, 0.3) is 33.4 Å². The Morgan fingerprint density at radius 1 is 1.21 bits per heavy atom. The number of nitrogens with zero attached hydrogens (tertiary/aromatic N) is 5. The third-order valence-electron chi connectivity index (χ3n) is 5.75. The number of pyridine rings is 1. The third kappa shape index (κ3) is 4.37. The molecule has 1 aliphatic rings. The van der Waals surface area contributed by atoms with Gasteiger partial charge in [0.1, 0.15) is 5.65 Å². The molecule has 4 heterocycles. The molecule has 5 rings (SSSR count). The zero-order valence-electron chi connectivity index (χ0n) is 18.7. The molecule has 1 unspecified atom stereocenters. The lowest BCUT2D eigenvalue weighted by molar-refractivity contribution is 0.195. The molecule has 4 aromatic rings. The molecule has 0 aliphatic carbocycles. The summed E-state index contributed by atoms with van der Waals surface area (Å²) in [4.78, 5) is 31.3. The van der Waals surface area contributed by atoms with Crippen LogP contribution in [0.5, 0.6) is 0 Å². The van der Waals surface area contributed by atoms with E-state index in [1.165, 1.54) is 0 Å². The molecule has 1 aliphatic heterocycles. The smallest absolute Gasteiger partial charge is 0.260 e. The van der Waals surface area contributed by atoms with Gasteiger partial charge in [0.25, 0.3) is 5.56 Å². The first-order valence-corrected chi connectivity index (χ1v) is 11.4. The van der Waals surface area contributed by atoms with Crippen LogP contribution < -0.4 is 16.6 Å². The predicted molar refractivity (Wildman–Crippen MR) is 132 cm³/mol. The van der Waals surface area contributed by atoms with Crippen molar-refractivity contribution in [2.24, 2.45) is 5.73 Å². The van der Waals surface area contributed by atoms with Crippen molar-refractivity contribution in [2.75, 3.05) is 25.1 Å². The number of rotatable bonds is 6. The molecular weight excluding hydrogens is 454 g/mol. The van der Waals surface area contributed by atoms with Crippen molar-refractivity contribution in [3.05, 3.63) is 63.9 Å². The summed E-state index contributed by atoms with van der Waals surface area (Å²) in [6.45, 7) is 3.81. The van der Waals surface area contributed by atoms with Crippen molar-refractivity contribution in [3.8, 4) is 22.4 Å². The zero-order chi connectivity index (χ0) is 23.7.